The maximum absolute atomic E-state index is 13.3. The van der Waals surface area contributed by atoms with E-state index in [-0.39, 0.29) is 17.5 Å². The molecule has 10 nitrogen and oxygen atoms in total. The number of aldehydes is 1. The van der Waals surface area contributed by atoms with E-state index in [1.807, 2.05) is 58.8 Å². The van der Waals surface area contributed by atoms with E-state index in [0.717, 1.165) is 54.5 Å². The number of pyridine rings is 1. The van der Waals surface area contributed by atoms with Crippen molar-refractivity contribution >= 4 is 40.0 Å². The van der Waals surface area contributed by atoms with E-state index >= 15 is 0 Å². The fourth-order valence-corrected chi connectivity index (χ4v) is 4.98. The van der Waals surface area contributed by atoms with Gasteiger partial charge in [-0.1, -0.05) is 18.2 Å². The minimum Gasteiger partial charge on any atom is -0.356 e. The van der Waals surface area contributed by atoms with Gasteiger partial charge in [0.15, 0.2) is 5.65 Å². The van der Waals surface area contributed by atoms with Gasteiger partial charge in [0.25, 0.3) is 0 Å². The lowest BCUT2D eigenvalue weighted by Crippen LogP contribution is -2.37. The van der Waals surface area contributed by atoms with Crippen LogP contribution < -0.4 is 10.6 Å². The zero-order chi connectivity index (χ0) is 25.9. The number of rotatable bonds is 4. The van der Waals surface area contributed by atoms with Crippen LogP contribution >= 0.6 is 0 Å². The largest absolute Gasteiger partial charge is 0.356 e. The van der Waals surface area contributed by atoms with Crippen molar-refractivity contribution in [2.75, 3.05) is 18.0 Å². The Morgan fingerprint density at radius 2 is 1.78 bits per heavy atom. The number of carbonyl (C=O) groups is 2. The van der Waals surface area contributed by atoms with Crippen LogP contribution in [0.3, 0.4) is 0 Å². The quantitative estimate of drug-likeness (QED) is 0.299. The smallest absolute Gasteiger partial charge is 0.327 e. The second-order valence-electron chi connectivity index (χ2n) is 8.89. The van der Waals surface area contributed by atoms with Gasteiger partial charge in [0.05, 0.1) is 5.52 Å². The zero-order valence-corrected chi connectivity index (χ0v) is 20.7. The van der Waals surface area contributed by atoms with Gasteiger partial charge in [-0.3, -0.25) is 14.3 Å². The summed E-state index contributed by atoms with van der Waals surface area (Å²) in [5, 5.41) is 0.912. The zero-order valence-electron chi connectivity index (χ0n) is 20.7. The van der Waals surface area contributed by atoms with Gasteiger partial charge < -0.3 is 14.3 Å². The van der Waals surface area contributed by atoms with Crippen molar-refractivity contribution in [3.63, 3.8) is 0 Å². The lowest BCUT2D eigenvalue weighted by atomic mass is 10.0. The minimum atomic E-state index is -0.128. The highest BCUT2D eigenvalue weighted by molar-refractivity contribution is 6.15. The van der Waals surface area contributed by atoms with E-state index in [9.17, 15) is 9.59 Å². The first-order chi connectivity index (χ1) is 18.0. The molecule has 10 heteroatoms. The van der Waals surface area contributed by atoms with Gasteiger partial charge in [0.2, 0.25) is 5.78 Å². The van der Waals surface area contributed by atoms with E-state index in [1.54, 1.807) is 12.3 Å². The number of piperidine rings is 1. The van der Waals surface area contributed by atoms with E-state index in [1.165, 1.54) is 13.3 Å². The molecule has 1 fully saturated rings. The summed E-state index contributed by atoms with van der Waals surface area (Å²) in [5.74, 6) is 0.609. The lowest BCUT2D eigenvalue weighted by Gasteiger charge is -2.33. The Balaban J connectivity index is 0.000000892. The molecular formula is C27H27N7O3. The first-order valence-electron chi connectivity index (χ1n) is 12.1. The van der Waals surface area contributed by atoms with Crippen molar-refractivity contribution in [2.24, 2.45) is 7.05 Å². The molecule has 5 aromatic rings. The minimum absolute atomic E-state index is 0.0836. The number of nitrogens with one attached hydrogen (secondary N) is 1. The van der Waals surface area contributed by atoms with Crippen LogP contribution in [0, 0.1) is 0 Å². The highest BCUT2D eigenvalue weighted by Crippen LogP contribution is 2.28. The number of benzene rings is 1. The van der Waals surface area contributed by atoms with Crippen molar-refractivity contribution < 1.29 is 9.59 Å². The van der Waals surface area contributed by atoms with Crippen molar-refractivity contribution in [1.29, 1.82) is 0 Å². The topological polar surface area (TPSA) is 119 Å². The summed E-state index contributed by atoms with van der Waals surface area (Å²) >= 11 is 0. The summed E-state index contributed by atoms with van der Waals surface area (Å²) in [7, 11) is 1.93. The predicted molar refractivity (Wildman–Crippen MR) is 141 cm³/mol. The number of ketones is 1. The summed E-state index contributed by atoms with van der Waals surface area (Å²) in [4.78, 5) is 52.6. The number of aromatic nitrogens is 6. The molecule has 188 valence electrons. The van der Waals surface area contributed by atoms with Gasteiger partial charge in [-0.05, 0) is 38.0 Å². The standard InChI is InChI=1S/C25H23N7O2.C2H4O/c1-30-14-18(17-5-2-3-6-20(17)30)23(33)19-13-22(28-15-27-19)31-11-8-16(9-12-31)32-21-7-4-10-26-24(21)29-25(32)34;1-2-3/h2-7,10,13-16H,8-9,11-12H2,1H3,(H,26,29,34);2H,1H3. The second kappa shape index (κ2) is 10.2. The van der Waals surface area contributed by atoms with E-state index in [2.05, 4.69) is 24.8 Å². The summed E-state index contributed by atoms with van der Waals surface area (Å²) in [5.41, 5.74) is 3.33. The molecule has 0 spiro atoms. The third-order valence-electron chi connectivity index (χ3n) is 6.67. The van der Waals surface area contributed by atoms with Crippen molar-refractivity contribution in [3.05, 3.63) is 82.9 Å². The molecule has 1 aliphatic heterocycles. The average Bonchev–Trinajstić information content (AvgIpc) is 3.45. The molecule has 4 aromatic heterocycles. The Kier molecular flexibility index (Phi) is 6.63. The van der Waals surface area contributed by atoms with Gasteiger partial charge in [0.1, 0.15) is 24.1 Å². The summed E-state index contributed by atoms with van der Waals surface area (Å²) in [6.45, 7) is 2.89. The fraction of sp³-hybridized carbons (Fsp3) is 0.259. The van der Waals surface area contributed by atoms with Crippen LogP contribution in [0.15, 0.2) is 66.0 Å². The highest BCUT2D eigenvalue weighted by Gasteiger charge is 2.25. The SMILES string of the molecule is CC=O.Cn1cc(C(=O)c2cc(N3CCC(n4c(=O)[nH]c5ncccc54)CC3)ncn2)c2ccccc21. The molecule has 0 bridgehead atoms. The molecule has 1 N–H and O–H groups in total. The van der Waals surface area contributed by atoms with Gasteiger partial charge in [-0.2, -0.15) is 0 Å². The Bertz CT molecular complexity index is 1640. The number of imidazole rings is 1. The van der Waals surface area contributed by atoms with Gasteiger partial charge in [-0.25, -0.2) is 19.7 Å². The van der Waals surface area contributed by atoms with Crippen LogP contribution in [-0.2, 0) is 11.8 Å². The summed E-state index contributed by atoms with van der Waals surface area (Å²) in [6.07, 6.45) is 7.32. The highest BCUT2D eigenvalue weighted by atomic mass is 16.1. The van der Waals surface area contributed by atoms with Crippen LogP contribution in [-0.4, -0.2) is 54.2 Å². The third kappa shape index (κ3) is 4.53. The van der Waals surface area contributed by atoms with Gasteiger partial charge in [-0.15, -0.1) is 0 Å². The molecule has 6 rings (SSSR count). The Labute approximate surface area is 212 Å². The number of H-pyrrole nitrogens is 1. The van der Waals surface area contributed by atoms with Crippen LogP contribution in [0.4, 0.5) is 5.82 Å². The van der Waals surface area contributed by atoms with Crippen LogP contribution in [0.5, 0.6) is 0 Å². The van der Waals surface area contributed by atoms with Crippen molar-refractivity contribution in [2.45, 2.75) is 25.8 Å². The van der Waals surface area contributed by atoms with Gasteiger partial charge in [0, 0.05) is 61.1 Å². The second-order valence-corrected chi connectivity index (χ2v) is 8.89. The molecule has 0 atom stereocenters. The number of fused-ring (bicyclic) bond motifs is 2. The number of hydrogen-bond acceptors (Lipinski definition) is 7. The maximum atomic E-state index is 13.3. The van der Waals surface area contributed by atoms with Crippen LogP contribution in [0.2, 0.25) is 0 Å². The van der Waals surface area contributed by atoms with Crippen molar-refractivity contribution in [1.82, 2.24) is 29.1 Å². The number of aryl methyl sites for hydroxylation is 1. The number of carbonyl (C=O) groups excluding carboxylic acids is 2. The number of para-hydroxylation sites is 1. The van der Waals surface area contributed by atoms with Crippen molar-refractivity contribution in [3.8, 4) is 0 Å². The molecule has 1 aliphatic rings. The Hall–Kier alpha value is -4.60. The molecule has 0 unspecified atom stereocenters. The fourth-order valence-electron chi connectivity index (χ4n) is 4.98. The normalized spacial score (nSPS) is 13.9. The Morgan fingerprint density at radius 1 is 1.05 bits per heavy atom. The number of nitrogens with zero attached hydrogens (tertiary/aromatic N) is 6. The van der Waals surface area contributed by atoms with Crippen LogP contribution in [0.25, 0.3) is 22.1 Å². The maximum Gasteiger partial charge on any atom is 0.327 e. The average molecular weight is 498 g/mol. The molecule has 0 saturated carbocycles. The van der Waals surface area contributed by atoms with E-state index in [4.69, 9.17) is 4.79 Å². The monoisotopic (exact) mass is 497 g/mol. The number of anilines is 1. The van der Waals surface area contributed by atoms with E-state index in [0.29, 0.717) is 16.9 Å². The lowest BCUT2D eigenvalue weighted by molar-refractivity contribution is -0.106. The third-order valence-corrected chi connectivity index (χ3v) is 6.67. The molecule has 0 aliphatic carbocycles. The van der Waals surface area contributed by atoms with E-state index < -0.39 is 0 Å². The molecule has 1 aromatic carbocycles. The number of aromatic amines is 1. The summed E-state index contributed by atoms with van der Waals surface area (Å²) < 4.78 is 3.77. The predicted octanol–water partition coefficient (Wildman–Crippen LogP) is 3.28. The molecular weight excluding hydrogens is 470 g/mol. The van der Waals surface area contributed by atoms with Gasteiger partial charge >= 0.3 is 5.69 Å². The Morgan fingerprint density at radius 3 is 2.57 bits per heavy atom. The molecule has 0 amide bonds. The molecule has 0 radical (unpaired) electrons. The first kappa shape index (κ1) is 24.1. The molecule has 37 heavy (non-hydrogen) atoms. The van der Waals surface area contributed by atoms with Crippen LogP contribution in [0.1, 0.15) is 41.9 Å². The first-order valence-corrected chi connectivity index (χ1v) is 12.1. The molecule has 1 saturated heterocycles. The summed E-state index contributed by atoms with van der Waals surface area (Å²) in [6, 6.07) is 13.5. The molecule has 5 heterocycles. The number of hydrogen-bond donors (Lipinski definition) is 1.